The first-order valence-electron chi connectivity index (χ1n) is 19.8. The molecule has 1 heterocycles. The van der Waals surface area contributed by atoms with Gasteiger partial charge in [-0.25, -0.2) is 0 Å². The van der Waals surface area contributed by atoms with E-state index in [1.807, 2.05) is 12.1 Å². The van der Waals surface area contributed by atoms with Crippen molar-refractivity contribution in [2.24, 2.45) is 0 Å². The van der Waals surface area contributed by atoms with E-state index in [9.17, 15) is 0 Å². The van der Waals surface area contributed by atoms with Crippen molar-refractivity contribution in [3.05, 3.63) is 224 Å². The van der Waals surface area contributed by atoms with E-state index >= 15 is 0 Å². The molecule has 0 atom stereocenters. The molecule has 1 aromatic heterocycles. The lowest BCUT2D eigenvalue weighted by molar-refractivity contribution is 0.670. The summed E-state index contributed by atoms with van der Waals surface area (Å²) in [6.07, 6.45) is 0. The van der Waals surface area contributed by atoms with Crippen molar-refractivity contribution in [3.8, 4) is 44.5 Å². The van der Waals surface area contributed by atoms with Crippen LogP contribution in [0.15, 0.2) is 229 Å². The van der Waals surface area contributed by atoms with Gasteiger partial charge < -0.3 is 9.32 Å². The average Bonchev–Trinajstić information content (AvgIpc) is 3.69. The molecule has 0 N–H and O–H groups in total. The van der Waals surface area contributed by atoms with Crippen LogP contribution < -0.4 is 4.90 Å². The molecule has 0 aliphatic carbocycles. The second kappa shape index (κ2) is 14.1. The normalized spacial score (nSPS) is 11.4. The van der Waals surface area contributed by atoms with E-state index in [0.29, 0.717) is 0 Å². The van der Waals surface area contributed by atoms with Crippen molar-refractivity contribution in [3.63, 3.8) is 0 Å². The highest BCUT2D eigenvalue weighted by atomic mass is 16.3. The third kappa shape index (κ3) is 5.66. The molecule has 0 aliphatic rings. The van der Waals surface area contributed by atoms with Gasteiger partial charge in [0.25, 0.3) is 0 Å². The van der Waals surface area contributed by atoms with Gasteiger partial charge in [-0.3, -0.25) is 0 Å². The second-order valence-corrected chi connectivity index (χ2v) is 14.8. The Kier molecular flexibility index (Phi) is 8.19. The minimum Gasteiger partial charge on any atom is -0.455 e. The van der Waals surface area contributed by atoms with E-state index in [2.05, 4.69) is 217 Å². The SMILES string of the molecule is c1ccc(-c2ccccc2-c2ccc(N(c3ccc(-c4cccc5c4oc4ccccc45)cc3)c3c(-c4ccccc4)c4ccccc4c4ccccc34)cc2)cc1. The van der Waals surface area contributed by atoms with Crippen LogP contribution in [0.25, 0.3) is 88.0 Å². The summed E-state index contributed by atoms with van der Waals surface area (Å²) >= 11 is 0. The van der Waals surface area contributed by atoms with Gasteiger partial charge in [-0.2, -0.15) is 0 Å². The van der Waals surface area contributed by atoms with Crippen LogP contribution in [0.1, 0.15) is 0 Å². The summed E-state index contributed by atoms with van der Waals surface area (Å²) in [5.41, 5.74) is 14.4. The Morgan fingerprint density at radius 3 is 1.34 bits per heavy atom. The first-order chi connectivity index (χ1) is 28.8. The van der Waals surface area contributed by atoms with Gasteiger partial charge in [0.05, 0.1) is 5.69 Å². The highest BCUT2D eigenvalue weighted by molar-refractivity contribution is 6.22. The fraction of sp³-hybridized carbons (Fsp3) is 0. The van der Waals surface area contributed by atoms with Crippen molar-refractivity contribution in [1.82, 2.24) is 0 Å². The van der Waals surface area contributed by atoms with Crippen molar-refractivity contribution < 1.29 is 4.42 Å². The zero-order chi connectivity index (χ0) is 38.4. The Balaban J connectivity index is 1.14. The molecule has 0 fully saturated rings. The third-order valence-corrected chi connectivity index (χ3v) is 11.5. The van der Waals surface area contributed by atoms with Gasteiger partial charge in [-0.1, -0.05) is 194 Å². The van der Waals surface area contributed by atoms with Crippen LogP contribution in [0.3, 0.4) is 0 Å². The molecule has 11 rings (SSSR count). The zero-order valence-corrected chi connectivity index (χ0v) is 31.7. The van der Waals surface area contributed by atoms with E-state index in [1.165, 1.54) is 54.9 Å². The molecule has 272 valence electrons. The molecular weight excluding hydrogens is 703 g/mol. The quantitative estimate of drug-likeness (QED) is 0.151. The lowest BCUT2D eigenvalue weighted by atomic mass is 9.89. The topological polar surface area (TPSA) is 16.4 Å². The summed E-state index contributed by atoms with van der Waals surface area (Å²) in [6, 6.07) is 80.7. The number of benzene rings is 10. The Morgan fingerprint density at radius 1 is 0.276 bits per heavy atom. The van der Waals surface area contributed by atoms with E-state index in [4.69, 9.17) is 4.42 Å². The molecule has 0 radical (unpaired) electrons. The highest BCUT2D eigenvalue weighted by Crippen LogP contribution is 2.50. The van der Waals surface area contributed by atoms with Gasteiger partial charge in [0.1, 0.15) is 11.2 Å². The molecule has 0 bridgehead atoms. The molecule has 0 saturated carbocycles. The number of fused-ring (bicyclic) bond motifs is 6. The van der Waals surface area contributed by atoms with Crippen molar-refractivity contribution in [2.75, 3.05) is 4.90 Å². The van der Waals surface area contributed by atoms with E-state index in [-0.39, 0.29) is 0 Å². The number of para-hydroxylation sites is 2. The van der Waals surface area contributed by atoms with Gasteiger partial charge in [0.15, 0.2) is 0 Å². The summed E-state index contributed by atoms with van der Waals surface area (Å²) in [4.78, 5) is 2.45. The van der Waals surface area contributed by atoms with Gasteiger partial charge >= 0.3 is 0 Å². The maximum Gasteiger partial charge on any atom is 0.143 e. The van der Waals surface area contributed by atoms with Crippen LogP contribution >= 0.6 is 0 Å². The van der Waals surface area contributed by atoms with Crippen LogP contribution in [0.4, 0.5) is 17.1 Å². The van der Waals surface area contributed by atoms with Gasteiger partial charge in [-0.15, -0.1) is 0 Å². The molecule has 11 aromatic rings. The second-order valence-electron chi connectivity index (χ2n) is 14.8. The smallest absolute Gasteiger partial charge is 0.143 e. The van der Waals surface area contributed by atoms with Crippen molar-refractivity contribution in [1.29, 1.82) is 0 Å². The minimum absolute atomic E-state index is 0.902. The summed E-state index contributed by atoms with van der Waals surface area (Å²) in [5.74, 6) is 0. The molecule has 0 unspecified atom stereocenters. The Labute approximate surface area is 337 Å². The summed E-state index contributed by atoms with van der Waals surface area (Å²) in [6.45, 7) is 0. The molecule has 2 nitrogen and oxygen atoms in total. The van der Waals surface area contributed by atoms with Crippen molar-refractivity contribution in [2.45, 2.75) is 0 Å². The zero-order valence-electron chi connectivity index (χ0n) is 31.7. The maximum absolute atomic E-state index is 6.48. The number of hydrogen-bond acceptors (Lipinski definition) is 2. The molecule has 0 saturated heterocycles. The lowest BCUT2D eigenvalue weighted by Gasteiger charge is -2.31. The molecule has 58 heavy (non-hydrogen) atoms. The predicted octanol–water partition coefficient (Wildman–Crippen LogP) is 16.0. The molecule has 10 aromatic carbocycles. The Bertz CT molecular complexity index is 3250. The minimum atomic E-state index is 0.902. The summed E-state index contributed by atoms with van der Waals surface area (Å²) in [5, 5.41) is 7.13. The monoisotopic (exact) mass is 739 g/mol. The Morgan fingerprint density at radius 2 is 0.707 bits per heavy atom. The number of rotatable bonds is 7. The molecule has 0 aliphatic heterocycles. The number of hydrogen-bond donors (Lipinski definition) is 0. The number of anilines is 3. The first-order valence-corrected chi connectivity index (χ1v) is 19.8. The van der Waals surface area contributed by atoms with Gasteiger partial charge in [0, 0.05) is 38.7 Å². The summed E-state index contributed by atoms with van der Waals surface area (Å²) in [7, 11) is 0. The van der Waals surface area contributed by atoms with E-state index in [1.54, 1.807) is 0 Å². The van der Waals surface area contributed by atoms with Crippen LogP contribution in [0, 0.1) is 0 Å². The molecule has 0 spiro atoms. The first kappa shape index (κ1) is 33.6. The fourth-order valence-electron chi connectivity index (χ4n) is 8.82. The molecular formula is C56H37NO. The van der Waals surface area contributed by atoms with E-state index < -0.39 is 0 Å². The standard InChI is InChI=1S/C56H37NO/c1-3-16-38(17-4-1)44-20-7-8-21-45(44)39-30-34-42(35-31-39)57(43-36-32-40(33-37-43)46-27-15-28-52-49-24-13-14-29-53(49)58-56(46)52)55-51-26-12-10-23-48(51)47-22-9-11-25-50(47)54(55)41-18-5-2-6-19-41/h1-37H. The summed E-state index contributed by atoms with van der Waals surface area (Å²) < 4.78 is 6.48. The van der Waals surface area contributed by atoms with Crippen LogP contribution in [-0.4, -0.2) is 0 Å². The van der Waals surface area contributed by atoms with Gasteiger partial charge in [0.2, 0.25) is 0 Å². The maximum atomic E-state index is 6.48. The van der Waals surface area contributed by atoms with Crippen molar-refractivity contribution >= 4 is 60.5 Å². The number of nitrogens with zero attached hydrogens (tertiary/aromatic N) is 1. The van der Waals surface area contributed by atoms with Crippen LogP contribution in [0.2, 0.25) is 0 Å². The highest BCUT2D eigenvalue weighted by Gasteiger charge is 2.24. The van der Waals surface area contributed by atoms with E-state index in [0.717, 1.165) is 50.1 Å². The number of furan rings is 1. The third-order valence-electron chi connectivity index (χ3n) is 11.5. The average molecular weight is 740 g/mol. The molecule has 2 heteroatoms. The Hall–Kier alpha value is -7.68. The largest absolute Gasteiger partial charge is 0.455 e. The van der Waals surface area contributed by atoms with Crippen LogP contribution in [0.5, 0.6) is 0 Å². The van der Waals surface area contributed by atoms with Gasteiger partial charge in [-0.05, 0) is 79.9 Å². The molecule has 0 amide bonds. The lowest BCUT2D eigenvalue weighted by Crippen LogP contribution is -2.12. The fourth-order valence-corrected chi connectivity index (χ4v) is 8.82. The van der Waals surface area contributed by atoms with Crippen LogP contribution in [-0.2, 0) is 0 Å². The predicted molar refractivity (Wildman–Crippen MR) is 245 cm³/mol.